The molecule has 0 saturated carbocycles. The van der Waals surface area contributed by atoms with Crippen molar-refractivity contribution in [1.29, 1.82) is 0 Å². The summed E-state index contributed by atoms with van der Waals surface area (Å²) < 4.78 is 7.60. The second-order valence-corrected chi connectivity index (χ2v) is 6.46. The second-order valence-electron chi connectivity index (χ2n) is 6.46. The highest BCUT2D eigenvalue weighted by Crippen LogP contribution is 2.14. The van der Waals surface area contributed by atoms with E-state index in [0.717, 1.165) is 29.7 Å². The Hall–Kier alpha value is -2.12. The van der Waals surface area contributed by atoms with Gasteiger partial charge in [0.1, 0.15) is 6.10 Å². The molecule has 0 aliphatic carbocycles. The summed E-state index contributed by atoms with van der Waals surface area (Å²) in [5, 5.41) is 6.10. The highest BCUT2D eigenvalue weighted by Gasteiger charge is 2.21. The zero-order valence-electron chi connectivity index (χ0n) is 15.3. The Labute approximate surface area is 176 Å². The molecular weight excluding hydrogens is 399 g/mol. The molecule has 0 spiro atoms. The Kier molecular flexibility index (Phi) is 8.26. The van der Waals surface area contributed by atoms with Gasteiger partial charge in [0.15, 0.2) is 0 Å². The molecule has 8 heteroatoms. The molecule has 0 radical (unpaired) electrons. The summed E-state index contributed by atoms with van der Waals surface area (Å²) in [7, 11) is 0. The maximum Gasteiger partial charge on any atom is 0.250 e. The van der Waals surface area contributed by atoms with E-state index in [0.29, 0.717) is 19.7 Å². The van der Waals surface area contributed by atoms with Gasteiger partial charge in [-0.3, -0.25) is 4.79 Å². The number of fused-ring (bicyclic) bond motifs is 1. The van der Waals surface area contributed by atoms with E-state index in [1.54, 1.807) is 0 Å². The average molecular weight is 423 g/mol. The number of hydrogen-bond donors (Lipinski definition) is 2. The molecule has 1 saturated heterocycles. The van der Waals surface area contributed by atoms with Crippen LogP contribution in [-0.2, 0) is 22.6 Å². The Morgan fingerprint density at radius 2 is 1.89 bits per heavy atom. The van der Waals surface area contributed by atoms with E-state index in [4.69, 9.17) is 4.74 Å². The van der Waals surface area contributed by atoms with Crippen LogP contribution in [0, 0.1) is 0 Å². The van der Waals surface area contributed by atoms with Crippen molar-refractivity contribution in [3.63, 3.8) is 0 Å². The molecule has 1 amide bonds. The van der Waals surface area contributed by atoms with Crippen molar-refractivity contribution in [2.24, 2.45) is 0 Å². The molecule has 1 aromatic heterocycles. The topological polar surface area (TPSA) is 68.2 Å². The predicted octanol–water partition coefficient (Wildman–Crippen LogP) is 2.53. The fraction of sp³-hybridized carbons (Fsp3) is 0.300. The molecule has 0 bridgehead atoms. The minimum Gasteiger partial charge on any atom is -0.366 e. The van der Waals surface area contributed by atoms with Crippen LogP contribution >= 0.6 is 24.8 Å². The fourth-order valence-corrected chi connectivity index (χ4v) is 3.13. The molecule has 4 rings (SSSR count). The highest BCUT2D eigenvalue weighted by atomic mass is 35.5. The first-order valence-electron chi connectivity index (χ1n) is 8.87. The molecule has 1 aliphatic heterocycles. The third-order valence-electron chi connectivity index (χ3n) is 4.59. The van der Waals surface area contributed by atoms with Gasteiger partial charge in [-0.25, -0.2) is 4.98 Å². The van der Waals surface area contributed by atoms with E-state index < -0.39 is 6.10 Å². The highest BCUT2D eigenvalue weighted by molar-refractivity contribution is 5.85. The van der Waals surface area contributed by atoms with E-state index in [1.807, 2.05) is 24.5 Å². The summed E-state index contributed by atoms with van der Waals surface area (Å²) in [5.74, 6) is -0.0637. The standard InChI is InChI=1S/C20H22N4O2.2ClH/c25-20(19-12-21-9-10-26-19)22-11-15-5-7-16(8-6-15)13-24-14-23-17-3-1-2-4-18(17)24;;/h1-8,14,19,21H,9-13H2,(H,22,25);2*1H. The molecule has 150 valence electrons. The molecular formula is C20H24Cl2N4O2. The number of halogens is 2. The summed E-state index contributed by atoms with van der Waals surface area (Å²) in [6.07, 6.45) is 1.48. The van der Waals surface area contributed by atoms with E-state index >= 15 is 0 Å². The lowest BCUT2D eigenvalue weighted by Gasteiger charge is -2.22. The number of nitrogens with zero attached hydrogens (tertiary/aromatic N) is 2. The third-order valence-corrected chi connectivity index (χ3v) is 4.59. The lowest BCUT2D eigenvalue weighted by atomic mass is 10.1. The first-order chi connectivity index (χ1) is 12.8. The number of imidazole rings is 1. The van der Waals surface area contributed by atoms with Gasteiger partial charge in [0.2, 0.25) is 0 Å². The zero-order valence-corrected chi connectivity index (χ0v) is 17.0. The van der Waals surface area contributed by atoms with E-state index in [-0.39, 0.29) is 30.7 Å². The lowest BCUT2D eigenvalue weighted by molar-refractivity contribution is -0.134. The van der Waals surface area contributed by atoms with Crippen LogP contribution in [-0.4, -0.2) is 41.3 Å². The fourth-order valence-electron chi connectivity index (χ4n) is 3.13. The minimum absolute atomic E-state index is 0. The van der Waals surface area contributed by atoms with Gasteiger partial charge in [-0.2, -0.15) is 0 Å². The van der Waals surface area contributed by atoms with Crippen molar-refractivity contribution in [2.45, 2.75) is 19.2 Å². The van der Waals surface area contributed by atoms with Gasteiger partial charge in [0, 0.05) is 26.2 Å². The Morgan fingerprint density at radius 1 is 1.14 bits per heavy atom. The third kappa shape index (κ3) is 5.23. The van der Waals surface area contributed by atoms with Crippen LogP contribution in [0.5, 0.6) is 0 Å². The number of amides is 1. The number of morpholine rings is 1. The number of rotatable bonds is 5. The van der Waals surface area contributed by atoms with Gasteiger partial charge in [0.05, 0.1) is 24.0 Å². The molecule has 3 aromatic rings. The summed E-state index contributed by atoms with van der Waals surface area (Å²) >= 11 is 0. The molecule has 1 unspecified atom stereocenters. The molecule has 1 aliphatic rings. The number of ether oxygens (including phenoxy) is 1. The maximum atomic E-state index is 12.1. The quantitative estimate of drug-likeness (QED) is 0.662. The molecule has 2 aromatic carbocycles. The molecule has 1 fully saturated rings. The minimum atomic E-state index is -0.391. The summed E-state index contributed by atoms with van der Waals surface area (Å²) in [4.78, 5) is 16.5. The monoisotopic (exact) mass is 422 g/mol. The number of para-hydroxylation sites is 2. The van der Waals surface area contributed by atoms with Crippen molar-refractivity contribution in [3.05, 3.63) is 66.0 Å². The van der Waals surface area contributed by atoms with Crippen molar-refractivity contribution in [2.75, 3.05) is 19.7 Å². The van der Waals surface area contributed by atoms with Crippen molar-refractivity contribution >= 4 is 41.8 Å². The van der Waals surface area contributed by atoms with E-state index in [9.17, 15) is 4.79 Å². The summed E-state index contributed by atoms with van der Waals surface area (Å²) in [6, 6.07) is 16.4. The summed E-state index contributed by atoms with van der Waals surface area (Å²) in [5.41, 5.74) is 4.40. The van der Waals surface area contributed by atoms with Crippen LogP contribution in [0.25, 0.3) is 11.0 Å². The Bertz CT molecular complexity index is 893. The van der Waals surface area contributed by atoms with Crippen LogP contribution in [0.2, 0.25) is 0 Å². The molecule has 1 atom stereocenters. The molecule has 2 heterocycles. The first-order valence-corrected chi connectivity index (χ1v) is 8.87. The van der Waals surface area contributed by atoms with Crippen molar-refractivity contribution in [1.82, 2.24) is 20.2 Å². The number of benzene rings is 2. The smallest absolute Gasteiger partial charge is 0.250 e. The van der Waals surface area contributed by atoms with Gasteiger partial charge in [-0.05, 0) is 23.3 Å². The largest absolute Gasteiger partial charge is 0.366 e. The molecule has 28 heavy (non-hydrogen) atoms. The molecule has 2 N–H and O–H groups in total. The Morgan fingerprint density at radius 3 is 2.64 bits per heavy atom. The van der Waals surface area contributed by atoms with Gasteiger partial charge in [-0.1, -0.05) is 36.4 Å². The van der Waals surface area contributed by atoms with Gasteiger partial charge in [-0.15, -0.1) is 24.8 Å². The average Bonchev–Trinajstić information content (AvgIpc) is 3.11. The van der Waals surface area contributed by atoms with Crippen LogP contribution in [0.1, 0.15) is 11.1 Å². The number of carbonyl (C=O) groups excluding carboxylic acids is 1. The molecule has 6 nitrogen and oxygen atoms in total. The predicted molar refractivity (Wildman–Crippen MR) is 114 cm³/mol. The van der Waals surface area contributed by atoms with Gasteiger partial charge >= 0.3 is 0 Å². The van der Waals surface area contributed by atoms with Crippen LogP contribution < -0.4 is 10.6 Å². The summed E-state index contributed by atoms with van der Waals surface area (Å²) in [6.45, 7) is 3.23. The van der Waals surface area contributed by atoms with Gasteiger partial charge < -0.3 is 19.9 Å². The van der Waals surface area contributed by atoms with Crippen LogP contribution in [0.4, 0.5) is 0 Å². The van der Waals surface area contributed by atoms with Crippen LogP contribution in [0.3, 0.4) is 0 Å². The van der Waals surface area contributed by atoms with Crippen LogP contribution in [0.15, 0.2) is 54.9 Å². The number of hydrogen-bond acceptors (Lipinski definition) is 4. The van der Waals surface area contributed by atoms with E-state index in [1.165, 1.54) is 5.56 Å². The number of carbonyl (C=O) groups is 1. The SMILES string of the molecule is Cl.Cl.O=C(NCc1ccc(Cn2cnc3ccccc32)cc1)C1CNCCO1. The van der Waals surface area contributed by atoms with Gasteiger partial charge in [0.25, 0.3) is 5.91 Å². The maximum absolute atomic E-state index is 12.1. The Balaban J connectivity index is 0.00000140. The number of aromatic nitrogens is 2. The van der Waals surface area contributed by atoms with Crippen molar-refractivity contribution < 1.29 is 9.53 Å². The number of nitrogens with one attached hydrogen (secondary N) is 2. The van der Waals surface area contributed by atoms with Crippen molar-refractivity contribution in [3.8, 4) is 0 Å². The second kappa shape index (κ2) is 10.4. The first kappa shape index (κ1) is 22.2. The lowest BCUT2D eigenvalue weighted by Crippen LogP contribution is -2.47. The normalized spacial score (nSPS) is 16.1. The zero-order chi connectivity index (χ0) is 17.8. The van der Waals surface area contributed by atoms with E-state index in [2.05, 4.69) is 50.5 Å².